The number of aromatic carboxylic acids is 1. The number of aryl methyl sites for hydroxylation is 1. The van der Waals surface area contributed by atoms with Gasteiger partial charge in [-0.05, 0) is 65.9 Å². The first kappa shape index (κ1) is 19.8. The highest BCUT2D eigenvalue weighted by Gasteiger charge is 2.65. The Balaban J connectivity index is 1.40. The Labute approximate surface area is 194 Å². The average molecular weight is 459 g/mol. The topological polar surface area (TPSA) is 100 Å². The molecule has 3 N–H and O–H groups in total. The molecule has 6 rings (SSSR count). The maximum absolute atomic E-state index is 13.1. The number of H-pyrrole nitrogens is 1. The molecule has 1 saturated carbocycles. The SMILES string of the molecule is Cc1ccc(C2CC23C(=O)Nc2cc(Cl)c(-c4ccc(-n5cn[nH]5)cc4)cc23)cc1C(=O)O. The quantitative estimate of drug-likeness (QED) is 0.404. The molecule has 33 heavy (non-hydrogen) atoms. The Kier molecular flexibility index (Phi) is 4.10. The van der Waals surface area contributed by atoms with Crippen molar-refractivity contribution in [2.24, 2.45) is 0 Å². The van der Waals surface area contributed by atoms with Crippen molar-refractivity contribution >= 4 is 29.2 Å². The number of carboxylic acids is 1. The average Bonchev–Trinajstić information content (AvgIpc) is 3.44. The number of aromatic amines is 1. The van der Waals surface area contributed by atoms with Gasteiger partial charge in [-0.1, -0.05) is 35.9 Å². The lowest BCUT2D eigenvalue weighted by Crippen LogP contribution is -2.21. The van der Waals surface area contributed by atoms with Crippen LogP contribution < -0.4 is 5.32 Å². The molecular weight excluding hydrogens is 440 g/mol. The van der Waals surface area contributed by atoms with Crippen molar-refractivity contribution in [1.82, 2.24) is 15.0 Å². The van der Waals surface area contributed by atoms with Crippen LogP contribution in [0.3, 0.4) is 0 Å². The first-order chi connectivity index (χ1) is 15.9. The van der Waals surface area contributed by atoms with Crippen LogP contribution in [-0.4, -0.2) is 32.0 Å². The Hall–Kier alpha value is -3.84. The standard InChI is InChI=1S/C25H19ClN4O3/c1-13-2-3-15(8-17(13)23(31)32)20-11-25(20)19-9-18(21(26)10-22(19)28-24(25)33)14-4-6-16(7-5-14)30-12-27-29-30/h2-10,12,20,29H,11H2,1H3,(H,28,33)(H,31,32). The van der Waals surface area contributed by atoms with Gasteiger partial charge in [-0.15, -0.1) is 5.10 Å². The lowest BCUT2D eigenvalue weighted by molar-refractivity contribution is -0.118. The molecule has 1 spiro atoms. The molecule has 164 valence electrons. The Morgan fingerprint density at radius 2 is 1.94 bits per heavy atom. The van der Waals surface area contributed by atoms with E-state index >= 15 is 0 Å². The number of benzene rings is 3. The van der Waals surface area contributed by atoms with Crippen LogP contribution >= 0.6 is 11.6 Å². The van der Waals surface area contributed by atoms with Crippen molar-refractivity contribution in [1.29, 1.82) is 0 Å². The van der Waals surface area contributed by atoms with Gasteiger partial charge in [0.05, 0.1) is 21.7 Å². The summed E-state index contributed by atoms with van der Waals surface area (Å²) in [6.45, 7) is 1.78. The van der Waals surface area contributed by atoms with Gasteiger partial charge in [0.1, 0.15) is 6.33 Å². The van der Waals surface area contributed by atoms with Gasteiger partial charge in [-0.25, -0.2) is 14.7 Å². The minimum absolute atomic E-state index is 0.0633. The number of anilines is 1. The summed E-state index contributed by atoms with van der Waals surface area (Å²) in [6, 6.07) is 17.1. The second-order valence-electron chi connectivity index (χ2n) is 8.70. The fourth-order valence-electron chi connectivity index (χ4n) is 4.97. The molecule has 1 aliphatic carbocycles. The molecular formula is C25H19ClN4O3. The van der Waals surface area contributed by atoms with Crippen LogP contribution in [0, 0.1) is 6.92 Å². The van der Waals surface area contributed by atoms with Gasteiger partial charge >= 0.3 is 5.97 Å². The largest absolute Gasteiger partial charge is 0.478 e. The van der Waals surface area contributed by atoms with Crippen molar-refractivity contribution in [3.63, 3.8) is 0 Å². The third-order valence-electron chi connectivity index (χ3n) is 6.89. The zero-order valence-electron chi connectivity index (χ0n) is 17.6. The van der Waals surface area contributed by atoms with Crippen LogP contribution in [0.2, 0.25) is 5.02 Å². The van der Waals surface area contributed by atoms with E-state index in [1.807, 2.05) is 48.5 Å². The predicted molar refractivity (Wildman–Crippen MR) is 124 cm³/mol. The minimum Gasteiger partial charge on any atom is -0.478 e. The maximum Gasteiger partial charge on any atom is 0.335 e. The molecule has 1 amide bonds. The van der Waals surface area contributed by atoms with Crippen LogP contribution in [0.1, 0.15) is 39.4 Å². The van der Waals surface area contributed by atoms with E-state index in [0.29, 0.717) is 17.0 Å². The van der Waals surface area contributed by atoms with Crippen molar-refractivity contribution in [2.75, 3.05) is 5.32 Å². The van der Waals surface area contributed by atoms with Gasteiger partial charge in [-0.2, -0.15) is 0 Å². The van der Waals surface area contributed by atoms with E-state index in [-0.39, 0.29) is 17.4 Å². The van der Waals surface area contributed by atoms with Crippen LogP contribution in [0.25, 0.3) is 16.8 Å². The van der Waals surface area contributed by atoms with Crippen LogP contribution in [0.5, 0.6) is 0 Å². The molecule has 2 aliphatic rings. The Bertz CT molecular complexity index is 1440. The molecule has 0 saturated heterocycles. The van der Waals surface area contributed by atoms with E-state index in [9.17, 15) is 14.7 Å². The number of halogens is 1. The highest BCUT2D eigenvalue weighted by atomic mass is 35.5. The summed E-state index contributed by atoms with van der Waals surface area (Å²) in [5.41, 5.74) is 5.52. The lowest BCUT2D eigenvalue weighted by atomic mass is 9.89. The smallest absolute Gasteiger partial charge is 0.335 e. The number of carbonyl (C=O) groups is 2. The minimum atomic E-state index is -0.961. The van der Waals surface area contributed by atoms with E-state index in [1.165, 1.54) is 0 Å². The fraction of sp³-hybridized carbons (Fsp3) is 0.160. The van der Waals surface area contributed by atoms with E-state index in [1.54, 1.807) is 24.0 Å². The van der Waals surface area contributed by atoms with Gasteiger partial charge in [0.2, 0.25) is 5.91 Å². The molecule has 1 aliphatic heterocycles. The second kappa shape index (κ2) is 6.83. The predicted octanol–water partition coefficient (Wildman–Crippen LogP) is 4.90. The first-order valence-corrected chi connectivity index (χ1v) is 10.9. The van der Waals surface area contributed by atoms with Crippen molar-refractivity contribution in [3.8, 4) is 16.8 Å². The summed E-state index contributed by atoms with van der Waals surface area (Å²) in [6.07, 6.45) is 2.32. The molecule has 1 aromatic heterocycles. The fourth-order valence-corrected chi connectivity index (χ4v) is 5.24. The van der Waals surface area contributed by atoms with E-state index < -0.39 is 11.4 Å². The number of nitrogens with one attached hydrogen (secondary N) is 2. The molecule has 1 fully saturated rings. The monoisotopic (exact) mass is 458 g/mol. The molecule has 3 aromatic carbocycles. The lowest BCUT2D eigenvalue weighted by Gasteiger charge is -2.14. The summed E-state index contributed by atoms with van der Waals surface area (Å²) < 4.78 is 1.80. The number of hydrogen-bond donors (Lipinski definition) is 3. The van der Waals surface area contributed by atoms with E-state index in [0.717, 1.165) is 33.6 Å². The number of carboxylic acid groups (broad SMARTS) is 1. The maximum atomic E-state index is 13.1. The Morgan fingerprint density at radius 1 is 1.18 bits per heavy atom. The van der Waals surface area contributed by atoms with Crippen LogP contribution in [0.4, 0.5) is 5.69 Å². The first-order valence-electron chi connectivity index (χ1n) is 10.6. The number of hydrogen-bond acceptors (Lipinski definition) is 3. The van der Waals surface area contributed by atoms with Gasteiger partial charge in [0.25, 0.3) is 0 Å². The molecule has 0 bridgehead atoms. The third kappa shape index (κ3) is 2.85. The Morgan fingerprint density at radius 3 is 2.61 bits per heavy atom. The number of rotatable bonds is 4. The van der Waals surface area contributed by atoms with Crippen LogP contribution in [0.15, 0.2) is 60.9 Å². The normalized spacial score (nSPS) is 20.7. The summed E-state index contributed by atoms with van der Waals surface area (Å²) in [4.78, 5) is 24.7. The third-order valence-corrected chi connectivity index (χ3v) is 7.20. The zero-order chi connectivity index (χ0) is 22.9. The molecule has 8 heteroatoms. The summed E-state index contributed by atoms with van der Waals surface area (Å²) in [7, 11) is 0. The molecule has 2 heterocycles. The molecule has 0 radical (unpaired) electrons. The second-order valence-corrected chi connectivity index (χ2v) is 9.11. The number of nitrogens with zero attached hydrogens (tertiary/aromatic N) is 2. The van der Waals surface area contributed by atoms with Crippen molar-refractivity contribution in [2.45, 2.75) is 24.7 Å². The highest BCUT2D eigenvalue weighted by molar-refractivity contribution is 6.34. The summed E-state index contributed by atoms with van der Waals surface area (Å²) >= 11 is 6.61. The van der Waals surface area contributed by atoms with Gasteiger partial charge in [0, 0.05) is 17.2 Å². The van der Waals surface area contributed by atoms with Crippen LogP contribution in [-0.2, 0) is 10.2 Å². The van der Waals surface area contributed by atoms with Crippen molar-refractivity contribution in [3.05, 3.63) is 88.2 Å². The number of aromatic nitrogens is 3. The summed E-state index contributed by atoms with van der Waals surface area (Å²) in [5.74, 6) is -1.10. The number of amides is 1. The zero-order valence-corrected chi connectivity index (χ0v) is 18.3. The molecule has 2 atom stereocenters. The van der Waals surface area contributed by atoms with Crippen molar-refractivity contribution < 1.29 is 14.7 Å². The molecule has 4 aromatic rings. The summed E-state index contributed by atoms with van der Waals surface area (Å²) in [5, 5.41) is 19.7. The number of fused-ring (bicyclic) bond motifs is 2. The van der Waals surface area contributed by atoms with E-state index in [2.05, 4.69) is 15.6 Å². The number of carbonyl (C=O) groups excluding carboxylic acids is 1. The van der Waals surface area contributed by atoms with Gasteiger partial charge < -0.3 is 10.4 Å². The highest BCUT2D eigenvalue weighted by Crippen LogP contribution is 2.65. The molecule has 7 nitrogen and oxygen atoms in total. The van der Waals surface area contributed by atoms with Gasteiger partial charge in [-0.3, -0.25) is 4.79 Å². The molecule has 2 unspecified atom stereocenters. The van der Waals surface area contributed by atoms with Gasteiger partial charge in [0.15, 0.2) is 0 Å². The van der Waals surface area contributed by atoms with E-state index in [4.69, 9.17) is 11.6 Å².